The van der Waals surface area contributed by atoms with Crippen molar-refractivity contribution in [1.29, 1.82) is 5.26 Å². The molecule has 150 valence electrons. The number of fused-ring (bicyclic) bond motifs is 1. The van der Waals surface area contributed by atoms with Crippen molar-refractivity contribution < 1.29 is 23.9 Å². The number of amides is 3. The fourth-order valence-electron chi connectivity index (χ4n) is 3.45. The minimum absolute atomic E-state index is 0.179. The van der Waals surface area contributed by atoms with Gasteiger partial charge in [0.1, 0.15) is 12.1 Å². The lowest BCUT2D eigenvalue weighted by atomic mass is 9.85. The Hall–Kier alpha value is -3.18. The Kier molecular flexibility index (Phi) is 5.99. The Morgan fingerprint density at radius 3 is 2.45 bits per heavy atom. The number of anilines is 1. The number of nitrogens with zero attached hydrogens (tertiary/aromatic N) is 2. The Balaban J connectivity index is 1.55. The van der Waals surface area contributed by atoms with Crippen molar-refractivity contribution in [3.05, 3.63) is 40.9 Å². The van der Waals surface area contributed by atoms with E-state index in [0.717, 1.165) is 4.90 Å². The molecule has 1 heterocycles. The summed E-state index contributed by atoms with van der Waals surface area (Å²) in [6.45, 7) is 0.812. The van der Waals surface area contributed by atoms with Gasteiger partial charge < -0.3 is 10.1 Å². The molecule has 1 fully saturated rings. The minimum atomic E-state index is -1.11. The van der Waals surface area contributed by atoms with Crippen LogP contribution in [0.5, 0.6) is 0 Å². The van der Waals surface area contributed by atoms with Gasteiger partial charge in [0, 0.05) is 5.69 Å². The second kappa shape index (κ2) is 8.45. The number of likely N-dealkylation sites (tertiary alicyclic amines) is 1. The number of esters is 1. The van der Waals surface area contributed by atoms with Crippen molar-refractivity contribution in [3.8, 4) is 6.07 Å². The summed E-state index contributed by atoms with van der Waals surface area (Å²) in [6.07, 6.45) is 4.67. The maximum Gasteiger partial charge on any atom is 0.329 e. The Morgan fingerprint density at radius 2 is 1.90 bits per heavy atom. The van der Waals surface area contributed by atoms with Gasteiger partial charge in [0.25, 0.3) is 5.91 Å². The number of hydrogen-bond acceptors (Lipinski definition) is 6. The molecule has 1 aromatic carbocycles. The molecule has 1 aliphatic heterocycles. The molecule has 29 heavy (non-hydrogen) atoms. The zero-order chi connectivity index (χ0) is 21.1. The zero-order valence-electron chi connectivity index (χ0n) is 15.6. The van der Waals surface area contributed by atoms with Gasteiger partial charge in [0.15, 0.2) is 6.61 Å². The van der Waals surface area contributed by atoms with E-state index < -0.39 is 36.4 Å². The number of hydrogen-bond donors (Lipinski definition) is 1. The first-order valence-corrected chi connectivity index (χ1v) is 9.39. The van der Waals surface area contributed by atoms with Crippen LogP contribution in [0.3, 0.4) is 0 Å². The first-order valence-electron chi connectivity index (χ1n) is 9.01. The van der Waals surface area contributed by atoms with Crippen LogP contribution in [0, 0.1) is 23.2 Å². The van der Waals surface area contributed by atoms with Gasteiger partial charge in [-0.2, -0.15) is 5.26 Å². The van der Waals surface area contributed by atoms with Gasteiger partial charge in [0.05, 0.1) is 22.4 Å². The molecule has 0 saturated carbocycles. The molecule has 8 nitrogen and oxygen atoms in total. The largest absolute Gasteiger partial charge is 0.454 e. The predicted molar refractivity (Wildman–Crippen MR) is 102 cm³/mol. The third kappa shape index (κ3) is 4.15. The topological polar surface area (TPSA) is 117 Å². The summed E-state index contributed by atoms with van der Waals surface area (Å²) in [5.74, 6) is -3.11. The number of allylic oxidation sites excluding steroid dienone is 2. The second-order valence-corrected chi connectivity index (χ2v) is 7.25. The van der Waals surface area contributed by atoms with Gasteiger partial charge in [-0.25, -0.2) is 4.79 Å². The number of carbonyl (C=O) groups excluding carboxylic acids is 4. The lowest BCUT2D eigenvalue weighted by Gasteiger charge is -2.21. The van der Waals surface area contributed by atoms with E-state index in [1.807, 2.05) is 18.2 Å². The SMILES string of the molecule is C[C@@H](C(=O)OCC(=O)Nc1ccc(C#N)c(Cl)c1)N1C(=O)[C@H]2CC=CC[C@H]2C1=O. The number of halogens is 1. The van der Waals surface area contributed by atoms with Crippen molar-refractivity contribution >= 4 is 41.0 Å². The smallest absolute Gasteiger partial charge is 0.329 e. The van der Waals surface area contributed by atoms with E-state index in [-0.39, 0.29) is 22.4 Å². The van der Waals surface area contributed by atoms with E-state index in [2.05, 4.69) is 5.32 Å². The van der Waals surface area contributed by atoms with E-state index in [0.29, 0.717) is 18.5 Å². The first kappa shape index (κ1) is 20.6. The van der Waals surface area contributed by atoms with Crippen LogP contribution in [0.4, 0.5) is 5.69 Å². The average molecular weight is 416 g/mol. The van der Waals surface area contributed by atoms with Crippen LogP contribution in [-0.2, 0) is 23.9 Å². The van der Waals surface area contributed by atoms with Crippen molar-refractivity contribution in [2.24, 2.45) is 11.8 Å². The highest BCUT2D eigenvalue weighted by Crippen LogP contribution is 2.36. The lowest BCUT2D eigenvalue weighted by Crippen LogP contribution is -2.45. The molecule has 2 aliphatic rings. The number of ether oxygens (including phenoxy) is 1. The predicted octanol–water partition coefficient (Wildman–Crippen LogP) is 2.03. The van der Waals surface area contributed by atoms with Crippen LogP contribution < -0.4 is 5.32 Å². The maximum atomic E-state index is 12.5. The number of carbonyl (C=O) groups is 4. The number of rotatable bonds is 5. The molecule has 0 unspecified atom stereocenters. The normalized spacial score (nSPS) is 21.3. The van der Waals surface area contributed by atoms with Gasteiger partial charge in [-0.05, 0) is 38.0 Å². The van der Waals surface area contributed by atoms with Gasteiger partial charge in [-0.15, -0.1) is 0 Å². The summed E-state index contributed by atoms with van der Waals surface area (Å²) in [5.41, 5.74) is 0.602. The van der Waals surface area contributed by atoms with Crippen LogP contribution in [0.2, 0.25) is 5.02 Å². The summed E-state index contributed by atoms with van der Waals surface area (Å²) in [7, 11) is 0. The summed E-state index contributed by atoms with van der Waals surface area (Å²) in [5, 5.41) is 11.5. The van der Waals surface area contributed by atoms with Gasteiger partial charge in [-0.1, -0.05) is 23.8 Å². The Morgan fingerprint density at radius 1 is 1.28 bits per heavy atom. The van der Waals surface area contributed by atoms with Gasteiger partial charge >= 0.3 is 5.97 Å². The average Bonchev–Trinajstić information content (AvgIpc) is 2.96. The summed E-state index contributed by atoms with van der Waals surface area (Å²) in [4.78, 5) is 50.3. The highest BCUT2D eigenvalue weighted by molar-refractivity contribution is 6.32. The molecule has 3 rings (SSSR count). The number of imide groups is 1. The molecule has 1 N–H and O–H groups in total. The maximum absolute atomic E-state index is 12.5. The van der Waals surface area contributed by atoms with E-state index in [9.17, 15) is 19.2 Å². The fraction of sp³-hybridized carbons (Fsp3) is 0.350. The van der Waals surface area contributed by atoms with Crippen LogP contribution in [0.25, 0.3) is 0 Å². The summed E-state index contributed by atoms with van der Waals surface area (Å²) >= 11 is 5.90. The molecule has 9 heteroatoms. The molecule has 0 radical (unpaired) electrons. The summed E-state index contributed by atoms with van der Waals surface area (Å²) < 4.78 is 4.98. The van der Waals surface area contributed by atoms with Crippen LogP contribution in [0.1, 0.15) is 25.3 Å². The van der Waals surface area contributed by atoms with Crippen molar-refractivity contribution in [3.63, 3.8) is 0 Å². The molecule has 3 amide bonds. The molecule has 0 bridgehead atoms. The molecule has 3 atom stereocenters. The monoisotopic (exact) mass is 415 g/mol. The molecular weight excluding hydrogens is 398 g/mol. The highest BCUT2D eigenvalue weighted by Gasteiger charge is 2.50. The Bertz CT molecular complexity index is 926. The number of benzene rings is 1. The van der Waals surface area contributed by atoms with Crippen molar-refractivity contribution in [1.82, 2.24) is 4.90 Å². The molecule has 1 aromatic rings. The molecule has 0 aromatic heterocycles. The van der Waals surface area contributed by atoms with E-state index in [1.165, 1.54) is 25.1 Å². The van der Waals surface area contributed by atoms with E-state index in [4.69, 9.17) is 21.6 Å². The van der Waals surface area contributed by atoms with Gasteiger partial charge in [0.2, 0.25) is 11.8 Å². The summed E-state index contributed by atoms with van der Waals surface area (Å²) in [6, 6.07) is 5.13. The van der Waals surface area contributed by atoms with Crippen LogP contribution in [0.15, 0.2) is 30.4 Å². The first-order chi connectivity index (χ1) is 13.8. The lowest BCUT2D eigenvalue weighted by molar-refractivity contribution is -0.159. The molecule has 1 aliphatic carbocycles. The molecule has 0 spiro atoms. The zero-order valence-corrected chi connectivity index (χ0v) is 16.3. The quantitative estimate of drug-likeness (QED) is 0.446. The fourth-order valence-corrected chi connectivity index (χ4v) is 3.67. The molecule has 1 saturated heterocycles. The van der Waals surface area contributed by atoms with Crippen molar-refractivity contribution in [2.45, 2.75) is 25.8 Å². The second-order valence-electron chi connectivity index (χ2n) is 6.84. The third-order valence-corrected chi connectivity index (χ3v) is 5.30. The van der Waals surface area contributed by atoms with Gasteiger partial charge in [-0.3, -0.25) is 19.3 Å². The van der Waals surface area contributed by atoms with Crippen LogP contribution >= 0.6 is 11.6 Å². The standard InChI is InChI=1S/C20H18ClN3O5/c1-11(24-18(26)14-4-2-3-5-15(14)19(24)27)20(28)29-10-17(25)23-13-7-6-12(9-22)16(21)8-13/h2-3,6-8,11,14-15H,4-5,10H2,1H3,(H,23,25)/t11-,14-,15+/m0/s1. The third-order valence-electron chi connectivity index (χ3n) is 4.99. The van der Waals surface area contributed by atoms with Crippen molar-refractivity contribution in [2.75, 3.05) is 11.9 Å². The number of nitrogens with one attached hydrogen (secondary N) is 1. The Labute approximate surface area is 172 Å². The minimum Gasteiger partial charge on any atom is -0.454 e. The number of nitriles is 1. The van der Waals surface area contributed by atoms with E-state index in [1.54, 1.807) is 0 Å². The van der Waals surface area contributed by atoms with E-state index >= 15 is 0 Å². The van der Waals surface area contributed by atoms with Crippen LogP contribution in [-0.4, -0.2) is 41.2 Å². The molecular formula is C20H18ClN3O5. The highest BCUT2D eigenvalue weighted by atomic mass is 35.5.